The van der Waals surface area contributed by atoms with Gasteiger partial charge in [0.25, 0.3) is 0 Å². The molecule has 0 N–H and O–H groups in total. The molecule has 6 heteroatoms. The van der Waals surface area contributed by atoms with Crippen LogP contribution in [-0.2, 0) is 12.6 Å². The van der Waals surface area contributed by atoms with Crippen molar-refractivity contribution in [1.82, 2.24) is 9.78 Å². The van der Waals surface area contributed by atoms with E-state index in [0.29, 0.717) is 11.3 Å². The van der Waals surface area contributed by atoms with Crippen LogP contribution in [0.4, 0.5) is 13.2 Å². The Morgan fingerprint density at radius 2 is 2.11 bits per heavy atom. The van der Waals surface area contributed by atoms with Crippen LogP contribution in [0.25, 0.3) is 5.69 Å². The van der Waals surface area contributed by atoms with Crippen LogP contribution in [-0.4, -0.2) is 9.78 Å². The minimum atomic E-state index is -4.38. The average molecular weight is 251 g/mol. The lowest BCUT2D eigenvalue weighted by Crippen LogP contribution is -2.06. The van der Waals surface area contributed by atoms with E-state index in [1.165, 1.54) is 23.0 Å². The van der Waals surface area contributed by atoms with Gasteiger partial charge in [-0.05, 0) is 18.2 Å². The number of aromatic nitrogens is 2. The smallest absolute Gasteiger partial charge is 0.241 e. The van der Waals surface area contributed by atoms with E-state index in [-0.39, 0.29) is 6.42 Å². The van der Waals surface area contributed by atoms with E-state index in [1.807, 2.05) is 6.07 Å². The molecule has 0 saturated heterocycles. The molecule has 0 amide bonds. The molecule has 0 aliphatic rings. The molecule has 0 bridgehead atoms. The van der Waals surface area contributed by atoms with E-state index in [0.717, 1.165) is 12.1 Å². The van der Waals surface area contributed by atoms with Crippen LogP contribution in [0.5, 0.6) is 0 Å². The predicted octanol–water partition coefficient (Wildman–Crippen LogP) is 2.96. The van der Waals surface area contributed by atoms with Crippen molar-refractivity contribution in [3.63, 3.8) is 0 Å². The molecule has 0 radical (unpaired) electrons. The third-order valence-corrected chi connectivity index (χ3v) is 2.36. The molecule has 1 aromatic carbocycles. The molecular formula is C12H8F3N3. The summed E-state index contributed by atoms with van der Waals surface area (Å²) in [6.45, 7) is 0. The molecule has 92 valence electrons. The lowest BCUT2D eigenvalue weighted by molar-refractivity contribution is -0.137. The molecule has 1 heterocycles. The second-order valence-corrected chi connectivity index (χ2v) is 3.68. The molecule has 0 atom stereocenters. The molecule has 1 aromatic heterocycles. The van der Waals surface area contributed by atoms with Gasteiger partial charge in [-0.1, -0.05) is 6.07 Å². The summed E-state index contributed by atoms with van der Waals surface area (Å²) in [5.74, 6) is 0. The number of nitriles is 1. The zero-order valence-electron chi connectivity index (χ0n) is 9.15. The van der Waals surface area contributed by atoms with Gasteiger partial charge in [-0.25, -0.2) is 4.68 Å². The lowest BCUT2D eigenvalue weighted by atomic mass is 10.2. The van der Waals surface area contributed by atoms with Crippen LogP contribution >= 0.6 is 0 Å². The number of rotatable bonds is 2. The topological polar surface area (TPSA) is 41.6 Å². The first kappa shape index (κ1) is 12.2. The fourth-order valence-electron chi connectivity index (χ4n) is 1.51. The molecule has 0 saturated carbocycles. The highest BCUT2D eigenvalue weighted by molar-refractivity contribution is 5.37. The SMILES string of the molecule is N#CCc1cnn(-c2cccc(C(F)(F)F)c2)c1. The Kier molecular flexibility index (Phi) is 3.06. The van der Waals surface area contributed by atoms with Gasteiger partial charge in [-0.15, -0.1) is 0 Å². The number of alkyl halides is 3. The Balaban J connectivity index is 2.36. The lowest BCUT2D eigenvalue weighted by Gasteiger charge is -2.08. The summed E-state index contributed by atoms with van der Waals surface area (Å²) in [5.41, 5.74) is 0.251. The van der Waals surface area contributed by atoms with Crippen molar-refractivity contribution in [2.24, 2.45) is 0 Å². The van der Waals surface area contributed by atoms with E-state index in [2.05, 4.69) is 5.10 Å². The van der Waals surface area contributed by atoms with Crippen LogP contribution in [0.2, 0.25) is 0 Å². The van der Waals surface area contributed by atoms with Crippen molar-refractivity contribution in [2.75, 3.05) is 0 Å². The van der Waals surface area contributed by atoms with E-state index in [1.54, 1.807) is 6.20 Å². The van der Waals surface area contributed by atoms with Crippen molar-refractivity contribution >= 4 is 0 Å². The van der Waals surface area contributed by atoms with Crippen LogP contribution in [0, 0.1) is 11.3 Å². The van der Waals surface area contributed by atoms with Gasteiger partial charge in [0.1, 0.15) is 0 Å². The molecule has 0 unspecified atom stereocenters. The Morgan fingerprint density at radius 1 is 1.33 bits per heavy atom. The largest absolute Gasteiger partial charge is 0.416 e. The second-order valence-electron chi connectivity index (χ2n) is 3.68. The number of halogens is 3. The van der Waals surface area contributed by atoms with Crippen molar-refractivity contribution < 1.29 is 13.2 Å². The first-order chi connectivity index (χ1) is 8.50. The quantitative estimate of drug-likeness (QED) is 0.823. The molecule has 0 spiro atoms. The molecular weight excluding hydrogens is 243 g/mol. The minimum absolute atomic E-state index is 0.180. The molecule has 0 fully saturated rings. The average Bonchev–Trinajstić information content (AvgIpc) is 2.77. The zero-order chi connectivity index (χ0) is 13.2. The maximum absolute atomic E-state index is 12.5. The zero-order valence-corrected chi connectivity index (χ0v) is 9.15. The van der Waals surface area contributed by atoms with Crippen molar-refractivity contribution in [2.45, 2.75) is 12.6 Å². The first-order valence-electron chi connectivity index (χ1n) is 5.09. The minimum Gasteiger partial charge on any atom is -0.241 e. The Bertz CT molecular complexity index is 593. The third kappa shape index (κ3) is 2.51. The van der Waals surface area contributed by atoms with Crippen molar-refractivity contribution in [1.29, 1.82) is 5.26 Å². The highest BCUT2D eigenvalue weighted by Crippen LogP contribution is 2.30. The number of benzene rings is 1. The number of hydrogen-bond acceptors (Lipinski definition) is 2. The Morgan fingerprint density at radius 3 is 2.78 bits per heavy atom. The van der Waals surface area contributed by atoms with Gasteiger partial charge in [-0.3, -0.25) is 0 Å². The van der Waals surface area contributed by atoms with E-state index < -0.39 is 11.7 Å². The summed E-state index contributed by atoms with van der Waals surface area (Å²) in [6.07, 6.45) is -1.19. The van der Waals surface area contributed by atoms with E-state index >= 15 is 0 Å². The first-order valence-corrected chi connectivity index (χ1v) is 5.09. The van der Waals surface area contributed by atoms with E-state index in [4.69, 9.17) is 5.26 Å². The number of nitrogens with zero attached hydrogens (tertiary/aromatic N) is 3. The second kappa shape index (κ2) is 4.53. The van der Waals surface area contributed by atoms with Crippen LogP contribution in [0.15, 0.2) is 36.7 Å². The summed E-state index contributed by atoms with van der Waals surface area (Å²) in [4.78, 5) is 0. The monoisotopic (exact) mass is 251 g/mol. The van der Waals surface area contributed by atoms with Crippen molar-refractivity contribution in [3.05, 3.63) is 47.8 Å². The van der Waals surface area contributed by atoms with Gasteiger partial charge in [-0.2, -0.15) is 23.5 Å². The fourth-order valence-corrected chi connectivity index (χ4v) is 1.51. The highest BCUT2D eigenvalue weighted by Gasteiger charge is 2.30. The van der Waals surface area contributed by atoms with Gasteiger partial charge in [0.15, 0.2) is 0 Å². The number of hydrogen-bond donors (Lipinski definition) is 0. The molecule has 2 aromatic rings. The summed E-state index contributed by atoms with van der Waals surface area (Å²) < 4.78 is 38.9. The molecule has 0 aliphatic carbocycles. The van der Waals surface area contributed by atoms with Crippen LogP contribution < -0.4 is 0 Å². The maximum atomic E-state index is 12.5. The Labute approximate surface area is 101 Å². The van der Waals surface area contributed by atoms with Gasteiger partial charge < -0.3 is 0 Å². The molecule has 18 heavy (non-hydrogen) atoms. The molecule has 3 nitrogen and oxygen atoms in total. The van der Waals surface area contributed by atoms with Crippen LogP contribution in [0.1, 0.15) is 11.1 Å². The standard InChI is InChI=1S/C12H8F3N3/c13-12(14,15)10-2-1-3-11(6-10)18-8-9(4-5-16)7-17-18/h1-3,6-8H,4H2. The van der Waals surface area contributed by atoms with Gasteiger partial charge in [0, 0.05) is 11.8 Å². The van der Waals surface area contributed by atoms with Gasteiger partial charge in [0.05, 0.1) is 29.9 Å². The summed E-state index contributed by atoms with van der Waals surface area (Å²) in [7, 11) is 0. The van der Waals surface area contributed by atoms with Crippen molar-refractivity contribution in [3.8, 4) is 11.8 Å². The highest BCUT2D eigenvalue weighted by atomic mass is 19.4. The predicted molar refractivity (Wildman–Crippen MR) is 57.9 cm³/mol. The normalized spacial score (nSPS) is 11.2. The summed E-state index contributed by atoms with van der Waals surface area (Å²) >= 11 is 0. The summed E-state index contributed by atoms with van der Waals surface area (Å²) in [5, 5.41) is 12.4. The molecule has 0 aliphatic heterocycles. The van der Waals surface area contributed by atoms with Crippen LogP contribution in [0.3, 0.4) is 0 Å². The Hall–Kier alpha value is -2.29. The van der Waals surface area contributed by atoms with E-state index in [9.17, 15) is 13.2 Å². The third-order valence-electron chi connectivity index (χ3n) is 2.36. The van der Waals surface area contributed by atoms with Gasteiger partial charge in [0.2, 0.25) is 0 Å². The summed E-state index contributed by atoms with van der Waals surface area (Å²) in [6, 6.07) is 6.82. The fraction of sp³-hybridized carbons (Fsp3) is 0.167. The molecule has 2 rings (SSSR count). The van der Waals surface area contributed by atoms with Gasteiger partial charge >= 0.3 is 6.18 Å². The maximum Gasteiger partial charge on any atom is 0.416 e.